The van der Waals surface area contributed by atoms with Crippen molar-refractivity contribution >= 4 is 0 Å². The van der Waals surface area contributed by atoms with E-state index >= 15 is 0 Å². The van der Waals surface area contributed by atoms with Crippen LogP contribution in [0.1, 0.15) is 48.8 Å². The summed E-state index contributed by atoms with van der Waals surface area (Å²) < 4.78 is 0. The highest BCUT2D eigenvalue weighted by Crippen LogP contribution is 2.34. The Bertz CT molecular complexity index is 420. The number of nitrogens with one attached hydrogen (secondary N) is 2. The molecule has 4 nitrogen and oxygen atoms in total. The van der Waals surface area contributed by atoms with Gasteiger partial charge in [-0.2, -0.15) is 0 Å². The molecule has 1 aliphatic carbocycles. The molecule has 1 saturated heterocycles. The van der Waals surface area contributed by atoms with Gasteiger partial charge in [0.2, 0.25) is 0 Å². The quantitative estimate of drug-likeness (QED) is 0.873. The van der Waals surface area contributed by atoms with Gasteiger partial charge < -0.3 is 15.2 Å². The Morgan fingerprint density at radius 2 is 2.11 bits per heavy atom. The van der Waals surface area contributed by atoms with Gasteiger partial charge in [0.05, 0.1) is 5.69 Å². The number of aromatic amines is 1. The summed E-state index contributed by atoms with van der Waals surface area (Å²) in [4.78, 5) is 10.9. The SMILES string of the molecule is Cc1[nH]c(CC2CNCCN2C)nc1C1CCCC1. The number of aromatic nitrogens is 2. The number of hydrogen-bond donors (Lipinski definition) is 2. The third-order valence-electron chi connectivity index (χ3n) is 4.79. The van der Waals surface area contributed by atoms with Crippen molar-refractivity contribution in [3.8, 4) is 0 Å². The Balaban J connectivity index is 1.69. The van der Waals surface area contributed by atoms with E-state index in [0.717, 1.165) is 26.1 Å². The largest absolute Gasteiger partial charge is 0.346 e. The minimum atomic E-state index is 0.579. The van der Waals surface area contributed by atoms with E-state index in [1.807, 2.05) is 0 Å². The molecule has 4 heteroatoms. The smallest absolute Gasteiger partial charge is 0.108 e. The van der Waals surface area contributed by atoms with Crippen LogP contribution in [0.3, 0.4) is 0 Å². The van der Waals surface area contributed by atoms with Crippen LogP contribution in [0.4, 0.5) is 0 Å². The van der Waals surface area contributed by atoms with Gasteiger partial charge in [-0.15, -0.1) is 0 Å². The van der Waals surface area contributed by atoms with Crippen LogP contribution in [0.15, 0.2) is 0 Å². The number of likely N-dealkylation sites (N-methyl/N-ethyl adjacent to an activating group) is 1. The molecular formula is C15H26N4. The first-order valence-corrected chi connectivity index (χ1v) is 7.70. The van der Waals surface area contributed by atoms with Crippen molar-refractivity contribution < 1.29 is 0 Å². The highest BCUT2D eigenvalue weighted by Gasteiger charge is 2.24. The summed E-state index contributed by atoms with van der Waals surface area (Å²) in [6, 6.07) is 0.579. The van der Waals surface area contributed by atoms with Gasteiger partial charge in [-0.3, -0.25) is 0 Å². The average molecular weight is 262 g/mol. The lowest BCUT2D eigenvalue weighted by Crippen LogP contribution is -2.50. The first kappa shape index (κ1) is 13.1. The van der Waals surface area contributed by atoms with Crippen molar-refractivity contribution in [2.45, 2.75) is 51.0 Å². The molecule has 2 aliphatic rings. The summed E-state index contributed by atoms with van der Waals surface area (Å²) in [6.07, 6.45) is 6.45. The molecule has 1 saturated carbocycles. The second kappa shape index (κ2) is 5.63. The molecule has 0 aromatic carbocycles. The molecule has 1 aliphatic heterocycles. The molecule has 1 aromatic rings. The molecule has 106 valence electrons. The zero-order valence-electron chi connectivity index (χ0n) is 12.2. The Kier molecular flexibility index (Phi) is 3.89. The maximum absolute atomic E-state index is 4.91. The second-order valence-electron chi connectivity index (χ2n) is 6.22. The minimum absolute atomic E-state index is 0.579. The van der Waals surface area contributed by atoms with Crippen LogP contribution in [-0.2, 0) is 6.42 Å². The summed E-state index contributed by atoms with van der Waals surface area (Å²) in [5.74, 6) is 1.90. The van der Waals surface area contributed by atoms with Gasteiger partial charge >= 0.3 is 0 Å². The Morgan fingerprint density at radius 3 is 2.84 bits per heavy atom. The topological polar surface area (TPSA) is 44.0 Å². The predicted octanol–water partition coefficient (Wildman–Crippen LogP) is 1.82. The lowest BCUT2D eigenvalue weighted by atomic mass is 10.0. The summed E-state index contributed by atoms with van der Waals surface area (Å²) in [7, 11) is 2.22. The summed E-state index contributed by atoms with van der Waals surface area (Å²) in [5.41, 5.74) is 2.65. The maximum atomic E-state index is 4.91. The molecule has 2 heterocycles. The highest BCUT2D eigenvalue weighted by molar-refractivity contribution is 5.19. The third kappa shape index (κ3) is 2.84. The summed E-state index contributed by atoms with van der Waals surface area (Å²) in [6.45, 7) is 5.51. The van der Waals surface area contributed by atoms with Crippen molar-refractivity contribution in [1.82, 2.24) is 20.2 Å². The van der Waals surface area contributed by atoms with Crippen molar-refractivity contribution in [3.05, 3.63) is 17.2 Å². The molecule has 0 bridgehead atoms. The number of piperazine rings is 1. The van der Waals surface area contributed by atoms with Crippen LogP contribution >= 0.6 is 0 Å². The lowest BCUT2D eigenvalue weighted by molar-refractivity contribution is 0.197. The molecule has 1 aromatic heterocycles. The van der Waals surface area contributed by atoms with E-state index in [-0.39, 0.29) is 0 Å². The zero-order valence-corrected chi connectivity index (χ0v) is 12.2. The number of H-pyrrole nitrogens is 1. The van der Waals surface area contributed by atoms with E-state index in [2.05, 4.69) is 29.2 Å². The van der Waals surface area contributed by atoms with Gasteiger partial charge in [0.15, 0.2) is 0 Å². The van der Waals surface area contributed by atoms with E-state index in [1.54, 1.807) is 0 Å². The van der Waals surface area contributed by atoms with Gasteiger partial charge in [-0.05, 0) is 26.8 Å². The van der Waals surface area contributed by atoms with E-state index < -0.39 is 0 Å². The second-order valence-corrected chi connectivity index (χ2v) is 6.22. The number of aryl methyl sites for hydroxylation is 1. The molecule has 2 fully saturated rings. The average Bonchev–Trinajstić information content (AvgIpc) is 3.01. The molecule has 0 spiro atoms. The molecule has 19 heavy (non-hydrogen) atoms. The number of imidazole rings is 1. The van der Waals surface area contributed by atoms with E-state index in [1.165, 1.54) is 42.9 Å². The van der Waals surface area contributed by atoms with Crippen LogP contribution in [0.25, 0.3) is 0 Å². The Morgan fingerprint density at radius 1 is 1.32 bits per heavy atom. The number of nitrogens with zero attached hydrogens (tertiary/aromatic N) is 2. The molecule has 2 N–H and O–H groups in total. The van der Waals surface area contributed by atoms with Gasteiger partial charge in [0.1, 0.15) is 5.82 Å². The molecule has 3 rings (SSSR count). The summed E-state index contributed by atoms with van der Waals surface area (Å²) in [5, 5.41) is 3.48. The standard InChI is InChI=1S/C15H26N4/c1-11-15(12-5-3-4-6-12)18-14(17-11)9-13-10-16-7-8-19(13)2/h12-13,16H,3-10H2,1-2H3,(H,17,18). The van der Waals surface area contributed by atoms with Crippen molar-refractivity contribution in [1.29, 1.82) is 0 Å². The first-order valence-electron chi connectivity index (χ1n) is 7.70. The van der Waals surface area contributed by atoms with Gasteiger partial charge in [0, 0.05) is 43.7 Å². The van der Waals surface area contributed by atoms with E-state index in [9.17, 15) is 0 Å². The first-order chi connectivity index (χ1) is 9.24. The fourth-order valence-corrected chi connectivity index (χ4v) is 3.54. The Hall–Kier alpha value is -0.870. The zero-order chi connectivity index (χ0) is 13.2. The molecule has 0 amide bonds. The van der Waals surface area contributed by atoms with Crippen LogP contribution < -0.4 is 5.32 Å². The molecule has 1 atom stereocenters. The fraction of sp³-hybridized carbons (Fsp3) is 0.800. The predicted molar refractivity (Wildman–Crippen MR) is 77.5 cm³/mol. The van der Waals surface area contributed by atoms with Crippen LogP contribution in [0.5, 0.6) is 0 Å². The van der Waals surface area contributed by atoms with Crippen molar-refractivity contribution in [2.75, 3.05) is 26.7 Å². The third-order valence-corrected chi connectivity index (χ3v) is 4.79. The Labute approximate surface area is 116 Å². The number of hydrogen-bond acceptors (Lipinski definition) is 3. The van der Waals surface area contributed by atoms with E-state index in [4.69, 9.17) is 4.98 Å². The van der Waals surface area contributed by atoms with Crippen LogP contribution in [0.2, 0.25) is 0 Å². The molecular weight excluding hydrogens is 236 g/mol. The van der Waals surface area contributed by atoms with E-state index in [0.29, 0.717) is 12.0 Å². The normalized spacial score (nSPS) is 26.1. The maximum Gasteiger partial charge on any atom is 0.108 e. The van der Waals surface area contributed by atoms with Crippen molar-refractivity contribution in [2.24, 2.45) is 0 Å². The number of rotatable bonds is 3. The van der Waals surface area contributed by atoms with Crippen LogP contribution in [0, 0.1) is 6.92 Å². The molecule has 0 radical (unpaired) electrons. The monoisotopic (exact) mass is 262 g/mol. The molecule has 1 unspecified atom stereocenters. The van der Waals surface area contributed by atoms with Crippen LogP contribution in [-0.4, -0.2) is 47.6 Å². The van der Waals surface area contributed by atoms with Gasteiger partial charge in [-0.1, -0.05) is 12.8 Å². The summed E-state index contributed by atoms with van der Waals surface area (Å²) >= 11 is 0. The fourth-order valence-electron chi connectivity index (χ4n) is 3.54. The minimum Gasteiger partial charge on any atom is -0.346 e. The van der Waals surface area contributed by atoms with Gasteiger partial charge in [-0.25, -0.2) is 4.98 Å². The van der Waals surface area contributed by atoms with Crippen molar-refractivity contribution in [3.63, 3.8) is 0 Å². The lowest BCUT2D eigenvalue weighted by Gasteiger charge is -2.32. The highest BCUT2D eigenvalue weighted by atomic mass is 15.2. The van der Waals surface area contributed by atoms with Gasteiger partial charge in [0.25, 0.3) is 0 Å².